The maximum Gasteiger partial charge on any atom is 0.0587 e. The van der Waals surface area contributed by atoms with E-state index in [-0.39, 0.29) is 6.04 Å². The summed E-state index contributed by atoms with van der Waals surface area (Å²) in [5.41, 5.74) is 12.2. The molecule has 16 heavy (non-hydrogen) atoms. The van der Waals surface area contributed by atoms with Crippen LogP contribution < -0.4 is 5.73 Å². The van der Waals surface area contributed by atoms with Gasteiger partial charge in [-0.15, -0.1) is 0 Å². The zero-order valence-corrected chi connectivity index (χ0v) is 9.91. The smallest absolute Gasteiger partial charge is 0.0587 e. The molecule has 1 atom stereocenters. The number of nitrogens with two attached hydrogens (primary N) is 1. The van der Waals surface area contributed by atoms with E-state index in [1.807, 2.05) is 6.20 Å². The summed E-state index contributed by atoms with van der Waals surface area (Å²) in [7, 11) is 0. The van der Waals surface area contributed by atoms with Crippen molar-refractivity contribution in [1.82, 2.24) is 10.2 Å². The summed E-state index contributed by atoms with van der Waals surface area (Å²) in [5, 5.41) is 6.74. The van der Waals surface area contributed by atoms with E-state index in [9.17, 15) is 0 Å². The maximum absolute atomic E-state index is 6.25. The molecule has 0 aliphatic rings. The predicted molar refractivity (Wildman–Crippen MR) is 65.3 cm³/mol. The van der Waals surface area contributed by atoms with Gasteiger partial charge >= 0.3 is 0 Å². The summed E-state index contributed by atoms with van der Waals surface area (Å²) in [5.74, 6) is 0. The Hall–Kier alpha value is -1.61. The van der Waals surface area contributed by atoms with Gasteiger partial charge in [-0.3, -0.25) is 5.10 Å². The molecule has 2 rings (SSSR count). The first kappa shape index (κ1) is 10.9. The zero-order chi connectivity index (χ0) is 11.7. The van der Waals surface area contributed by atoms with Gasteiger partial charge in [-0.25, -0.2) is 0 Å². The molecule has 3 nitrogen and oxygen atoms in total. The van der Waals surface area contributed by atoms with Crippen LogP contribution in [0, 0.1) is 20.8 Å². The Labute approximate surface area is 95.7 Å². The van der Waals surface area contributed by atoms with Crippen molar-refractivity contribution in [3.8, 4) is 0 Å². The Bertz CT molecular complexity index is 463. The van der Waals surface area contributed by atoms with Crippen LogP contribution >= 0.6 is 0 Å². The topological polar surface area (TPSA) is 54.7 Å². The lowest BCUT2D eigenvalue weighted by atomic mass is 9.92. The molecule has 84 valence electrons. The second-order valence-electron chi connectivity index (χ2n) is 4.32. The van der Waals surface area contributed by atoms with Crippen LogP contribution in [0.4, 0.5) is 0 Å². The molecule has 0 aliphatic heterocycles. The molecule has 1 heterocycles. The minimum absolute atomic E-state index is 0.0978. The number of benzene rings is 1. The normalized spacial score (nSPS) is 12.8. The third-order valence-corrected chi connectivity index (χ3v) is 2.93. The monoisotopic (exact) mass is 215 g/mol. The average Bonchev–Trinajstić information content (AvgIpc) is 2.67. The molecule has 0 radical (unpaired) electrons. The van der Waals surface area contributed by atoms with Crippen molar-refractivity contribution in [2.24, 2.45) is 5.73 Å². The number of aryl methyl sites for hydroxylation is 3. The number of aromatic amines is 1. The molecule has 1 aromatic carbocycles. The van der Waals surface area contributed by atoms with Crippen molar-refractivity contribution in [2.75, 3.05) is 0 Å². The number of hydrogen-bond donors (Lipinski definition) is 2. The number of nitrogens with zero attached hydrogens (tertiary/aromatic N) is 1. The fourth-order valence-electron chi connectivity index (χ4n) is 2.28. The van der Waals surface area contributed by atoms with Crippen LogP contribution in [-0.4, -0.2) is 10.2 Å². The minimum atomic E-state index is -0.0978. The summed E-state index contributed by atoms with van der Waals surface area (Å²) in [4.78, 5) is 0. The molecule has 0 saturated carbocycles. The Balaban J connectivity index is 2.48. The van der Waals surface area contributed by atoms with Crippen LogP contribution in [0.1, 0.15) is 33.9 Å². The Morgan fingerprint density at radius 3 is 2.31 bits per heavy atom. The SMILES string of the molecule is Cc1cc(C)c(C(N)c2cn[nH]c2)c(C)c1. The summed E-state index contributed by atoms with van der Waals surface area (Å²) in [6.45, 7) is 6.32. The summed E-state index contributed by atoms with van der Waals surface area (Å²) in [6.07, 6.45) is 3.63. The average molecular weight is 215 g/mol. The zero-order valence-electron chi connectivity index (χ0n) is 9.91. The van der Waals surface area contributed by atoms with E-state index in [0.717, 1.165) is 5.56 Å². The first-order valence-electron chi connectivity index (χ1n) is 5.41. The van der Waals surface area contributed by atoms with Gasteiger partial charge in [0.2, 0.25) is 0 Å². The van der Waals surface area contributed by atoms with Gasteiger partial charge in [0.25, 0.3) is 0 Å². The summed E-state index contributed by atoms with van der Waals surface area (Å²) >= 11 is 0. The molecule has 1 aromatic heterocycles. The van der Waals surface area contributed by atoms with Gasteiger partial charge < -0.3 is 5.73 Å². The highest BCUT2D eigenvalue weighted by Crippen LogP contribution is 2.26. The van der Waals surface area contributed by atoms with Gasteiger partial charge in [0.15, 0.2) is 0 Å². The molecule has 2 aromatic rings. The van der Waals surface area contributed by atoms with Crippen LogP contribution in [0.15, 0.2) is 24.5 Å². The van der Waals surface area contributed by atoms with Crippen LogP contribution in [-0.2, 0) is 0 Å². The first-order chi connectivity index (χ1) is 7.59. The van der Waals surface area contributed by atoms with E-state index in [1.165, 1.54) is 22.3 Å². The largest absolute Gasteiger partial charge is 0.320 e. The highest BCUT2D eigenvalue weighted by Gasteiger charge is 2.14. The van der Waals surface area contributed by atoms with Gasteiger partial charge in [-0.1, -0.05) is 17.7 Å². The van der Waals surface area contributed by atoms with E-state index in [4.69, 9.17) is 5.73 Å². The van der Waals surface area contributed by atoms with Crippen LogP contribution in [0.3, 0.4) is 0 Å². The number of hydrogen-bond acceptors (Lipinski definition) is 2. The highest BCUT2D eigenvalue weighted by molar-refractivity contribution is 5.43. The van der Waals surface area contributed by atoms with E-state index in [0.29, 0.717) is 0 Å². The van der Waals surface area contributed by atoms with Gasteiger partial charge in [-0.05, 0) is 37.5 Å². The number of aromatic nitrogens is 2. The van der Waals surface area contributed by atoms with Crippen LogP contribution in [0.25, 0.3) is 0 Å². The van der Waals surface area contributed by atoms with Crippen molar-refractivity contribution in [1.29, 1.82) is 0 Å². The molecule has 0 bridgehead atoms. The van der Waals surface area contributed by atoms with Crippen molar-refractivity contribution in [3.63, 3.8) is 0 Å². The molecular weight excluding hydrogens is 198 g/mol. The lowest BCUT2D eigenvalue weighted by molar-refractivity contribution is 0.851. The second-order valence-corrected chi connectivity index (χ2v) is 4.32. The lowest BCUT2D eigenvalue weighted by Crippen LogP contribution is -2.14. The Kier molecular flexibility index (Phi) is 2.79. The number of nitrogens with one attached hydrogen (secondary N) is 1. The van der Waals surface area contributed by atoms with Crippen molar-refractivity contribution in [2.45, 2.75) is 26.8 Å². The standard InChI is InChI=1S/C13H17N3/c1-8-4-9(2)12(10(3)5-8)13(14)11-6-15-16-7-11/h4-7,13H,14H2,1-3H3,(H,15,16). The Morgan fingerprint density at radius 1 is 1.19 bits per heavy atom. The first-order valence-corrected chi connectivity index (χ1v) is 5.41. The fourth-order valence-corrected chi connectivity index (χ4v) is 2.28. The van der Waals surface area contributed by atoms with E-state index < -0.39 is 0 Å². The second kappa shape index (κ2) is 4.10. The Morgan fingerprint density at radius 2 is 1.81 bits per heavy atom. The van der Waals surface area contributed by atoms with Gasteiger partial charge in [-0.2, -0.15) is 5.10 Å². The van der Waals surface area contributed by atoms with Crippen molar-refractivity contribution in [3.05, 3.63) is 52.3 Å². The van der Waals surface area contributed by atoms with Gasteiger partial charge in [0.05, 0.1) is 12.2 Å². The third kappa shape index (κ3) is 1.86. The van der Waals surface area contributed by atoms with Gasteiger partial charge in [0.1, 0.15) is 0 Å². The van der Waals surface area contributed by atoms with Gasteiger partial charge in [0, 0.05) is 11.8 Å². The minimum Gasteiger partial charge on any atom is -0.320 e. The van der Waals surface area contributed by atoms with Crippen molar-refractivity contribution < 1.29 is 0 Å². The van der Waals surface area contributed by atoms with Crippen LogP contribution in [0.2, 0.25) is 0 Å². The highest BCUT2D eigenvalue weighted by atomic mass is 15.1. The molecular formula is C13H17N3. The molecule has 0 amide bonds. The fraction of sp³-hybridized carbons (Fsp3) is 0.308. The molecule has 0 aliphatic carbocycles. The quantitative estimate of drug-likeness (QED) is 0.808. The number of H-pyrrole nitrogens is 1. The molecule has 3 N–H and O–H groups in total. The third-order valence-electron chi connectivity index (χ3n) is 2.93. The molecule has 0 fully saturated rings. The van der Waals surface area contributed by atoms with E-state index in [1.54, 1.807) is 6.20 Å². The van der Waals surface area contributed by atoms with E-state index in [2.05, 4.69) is 43.1 Å². The number of rotatable bonds is 2. The molecule has 0 saturated heterocycles. The predicted octanol–water partition coefficient (Wildman–Crippen LogP) is 2.38. The van der Waals surface area contributed by atoms with E-state index >= 15 is 0 Å². The maximum atomic E-state index is 6.25. The summed E-state index contributed by atoms with van der Waals surface area (Å²) in [6, 6.07) is 4.24. The molecule has 1 unspecified atom stereocenters. The molecule has 0 spiro atoms. The van der Waals surface area contributed by atoms with Crippen molar-refractivity contribution >= 4 is 0 Å². The summed E-state index contributed by atoms with van der Waals surface area (Å²) < 4.78 is 0. The molecule has 3 heteroatoms. The van der Waals surface area contributed by atoms with Crippen LogP contribution in [0.5, 0.6) is 0 Å². The lowest BCUT2D eigenvalue weighted by Gasteiger charge is -2.17.